The van der Waals surface area contributed by atoms with E-state index in [9.17, 15) is 18.8 Å². The lowest BCUT2D eigenvalue weighted by molar-refractivity contribution is -0.127. The monoisotopic (exact) mass is 425 g/mol. The lowest BCUT2D eigenvalue weighted by Gasteiger charge is -2.17. The third-order valence-corrected chi connectivity index (χ3v) is 5.87. The number of nitrogens with zero attached hydrogens (tertiary/aromatic N) is 2. The molecule has 0 bridgehead atoms. The zero-order valence-electron chi connectivity index (χ0n) is 16.1. The van der Waals surface area contributed by atoms with E-state index in [-0.39, 0.29) is 4.91 Å². The summed E-state index contributed by atoms with van der Waals surface area (Å²) < 4.78 is 13.0. The minimum Gasteiger partial charge on any atom is -0.372 e. The summed E-state index contributed by atoms with van der Waals surface area (Å²) in [5.41, 5.74) is 2.36. The second-order valence-electron chi connectivity index (χ2n) is 7.11. The van der Waals surface area contributed by atoms with Crippen LogP contribution in [0.15, 0.2) is 53.4 Å². The van der Waals surface area contributed by atoms with E-state index >= 15 is 0 Å². The Labute approximate surface area is 177 Å². The number of nitrogens with one attached hydrogen (secondary N) is 1. The molecule has 0 aliphatic carbocycles. The maximum atomic E-state index is 13.0. The second kappa shape index (κ2) is 8.71. The molecule has 4 rings (SSSR count). The first-order chi connectivity index (χ1) is 14.5. The van der Waals surface area contributed by atoms with Gasteiger partial charge in [0.2, 0.25) is 5.91 Å². The normalized spacial score (nSPS) is 17.8. The fourth-order valence-electron chi connectivity index (χ4n) is 3.42. The van der Waals surface area contributed by atoms with Gasteiger partial charge in [-0.2, -0.15) is 0 Å². The van der Waals surface area contributed by atoms with Crippen LogP contribution in [0.2, 0.25) is 0 Å². The molecule has 2 aromatic carbocycles. The molecular weight excluding hydrogens is 405 g/mol. The van der Waals surface area contributed by atoms with Crippen LogP contribution in [0.25, 0.3) is 6.08 Å². The van der Waals surface area contributed by atoms with Crippen LogP contribution in [0.5, 0.6) is 0 Å². The first-order valence-corrected chi connectivity index (χ1v) is 10.5. The van der Waals surface area contributed by atoms with E-state index in [2.05, 4.69) is 10.2 Å². The number of thioether (sulfide) groups is 1. The average Bonchev–Trinajstić information content (AvgIpc) is 3.35. The van der Waals surface area contributed by atoms with Gasteiger partial charge in [-0.05, 0) is 72.6 Å². The number of halogens is 1. The molecule has 0 unspecified atom stereocenters. The van der Waals surface area contributed by atoms with Crippen LogP contribution in [0.3, 0.4) is 0 Å². The molecule has 1 N–H and O–H groups in total. The van der Waals surface area contributed by atoms with Crippen LogP contribution in [-0.2, 0) is 9.59 Å². The molecule has 2 fully saturated rings. The highest BCUT2D eigenvalue weighted by molar-refractivity contribution is 8.18. The van der Waals surface area contributed by atoms with Crippen LogP contribution in [0, 0.1) is 5.82 Å². The molecule has 0 aromatic heterocycles. The highest BCUT2D eigenvalue weighted by Gasteiger charge is 2.36. The molecule has 0 atom stereocenters. The van der Waals surface area contributed by atoms with Crippen molar-refractivity contribution in [3.63, 3.8) is 0 Å². The first kappa shape index (κ1) is 20.2. The predicted octanol–water partition coefficient (Wildman–Crippen LogP) is 4.10. The maximum absolute atomic E-state index is 13.0. The molecule has 0 saturated carbocycles. The van der Waals surface area contributed by atoms with Gasteiger partial charge in [0.15, 0.2) is 0 Å². The summed E-state index contributed by atoms with van der Waals surface area (Å²) >= 11 is 0.815. The van der Waals surface area contributed by atoms with Crippen LogP contribution < -0.4 is 10.2 Å². The summed E-state index contributed by atoms with van der Waals surface area (Å²) in [5.74, 6) is -1.44. The van der Waals surface area contributed by atoms with E-state index in [1.54, 1.807) is 6.08 Å². The predicted molar refractivity (Wildman–Crippen MR) is 116 cm³/mol. The minimum atomic E-state index is -0.528. The number of benzene rings is 2. The van der Waals surface area contributed by atoms with Crippen molar-refractivity contribution < 1.29 is 18.8 Å². The van der Waals surface area contributed by atoms with Gasteiger partial charge >= 0.3 is 0 Å². The van der Waals surface area contributed by atoms with Crippen molar-refractivity contribution in [2.24, 2.45) is 0 Å². The van der Waals surface area contributed by atoms with Crippen molar-refractivity contribution >= 4 is 46.3 Å². The van der Waals surface area contributed by atoms with Crippen LogP contribution in [0.1, 0.15) is 18.4 Å². The van der Waals surface area contributed by atoms with Gasteiger partial charge in [-0.15, -0.1) is 0 Å². The van der Waals surface area contributed by atoms with Gasteiger partial charge in [0.05, 0.1) is 4.91 Å². The van der Waals surface area contributed by atoms with Crippen molar-refractivity contribution in [3.8, 4) is 0 Å². The quantitative estimate of drug-likeness (QED) is 0.731. The zero-order valence-corrected chi connectivity index (χ0v) is 17.0. The molecule has 154 valence electrons. The Bertz CT molecular complexity index is 999. The smallest absolute Gasteiger partial charge is 0.294 e. The van der Waals surface area contributed by atoms with E-state index < -0.39 is 29.4 Å². The molecule has 2 heterocycles. The summed E-state index contributed by atoms with van der Waals surface area (Å²) in [7, 11) is 0. The maximum Gasteiger partial charge on any atom is 0.294 e. The lowest BCUT2D eigenvalue weighted by atomic mass is 10.2. The van der Waals surface area contributed by atoms with Gasteiger partial charge in [0.25, 0.3) is 11.1 Å². The third kappa shape index (κ3) is 4.54. The highest BCUT2D eigenvalue weighted by Crippen LogP contribution is 2.32. The topological polar surface area (TPSA) is 69.7 Å². The van der Waals surface area contributed by atoms with Crippen molar-refractivity contribution in [2.45, 2.75) is 12.8 Å². The van der Waals surface area contributed by atoms with E-state index in [0.717, 1.165) is 41.0 Å². The molecule has 2 aromatic rings. The number of anilines is 2. The number of hydrogen-bond donors (Lipinski definition) is 1. The number of carbonyl (C=O) groups is 3. The molecule has 2 saturated heterocycles. The first-order valence-electron chi connectivity index (χ1n) is 9.65. The average molecular weight is 425 g/mol. The fraction of sp³-hybridized carbons (Fsp3) is 0.227. The minimum absolute atomic E-state index is 0.281. The van der Waals surface area contributed by atoms with Gasteiger partial charge in [-0.3, -0.25) is 19.3 Å². The highest BCUT2D eigenvalue weighted by atomic mass is 32.2. The van der Waals surface area contributed by atoms with Crippen LogP contribution in [-0.4, -0.2) is 41.6 Å². The Morgan fingerprint density at radius 3 is 2.37 bits per heavy atom. The SMILES string of the molecule is O=C(CN1C(=O)S/C(=C\c2ccc(N3CCCC3)cc2)C1=O)Nc1ccc(F)cc1. The van der Waals surface area contributed by atoms with E-state index in [0.29, 0.717) is 5.69 Å². The molecule has 0 spiro atoms. The van der Waals surface area contributed by atoms with Crippen molar-refractivity contribution in [1.29, 1.82) is 0 Å². The van der Waals surface area contributed by atoms with E-state index in [4.69, 9.17) is 0 Å². The molecule has 2 aliphatic rings. The number of imide groups is 1. The summed E-state index contributed by atoms with van der Waals surface area (Å²) in [6.45, 7) is 1.71. The number of amides is 3. The lowest BCUT2D eigenvalue weighted by Crippen LogP contribution is -2.36. The van der Waals surface area contributed by atoms with E-state index in [1.807, 2.05) is 24.3 Å². The van der Waals surface area contributed by atoms with Gasteiger partial charge in [0, 0.05) is 24.5 Å². The Morgan fingerprint density at radius 1 is 1.03 bits per heavy atom. The zero-order chi connectivity index (χ0) is 21.1. The molecular formula is C22H20FN3O3S. The molecule has 8 heteroatoms. The van der Waals surface area contributed by atoms with Crippen molar-refractivity contribution in [2.75, 3.05) is 29.9 Å². The van der Waals surface area contributed by atoms with Crippen molar-refractivity contribution in [1.82, 2.24) is 4.90 Å². The number of rotatable bonds is 5. The summed E-state index contributed by atoms with van der Waals surface area (Å²) in [4.78, 5) is 40.5. The third-order valence-electron chi connectivity index (χ3n) is 4.97. The van der Waals surface area contributed by atoms with Gasteiger partial charge in [-0.1, -0.05) is 12.1 Å². The standard InChI is InChI=1S/C22H20FN3O3S/c23-16-5-7-17(8-6-16)24-20(27)14-26-21(28)19(30-22(26)29)13-15-3-9-18(10-4-15)25-11-1-2-12-25/h3-10,13H,1-2,11-12,14H2,(H,24,27)/b19-13-. The van der Waals surface area contributed by atoms with Crippen LogP contribution >= 0.6 is 11.8 Å². The largest absolute Gasteiger partial charge is 0.372 e. The van der Waals surface area contributed by atoms with Gasteiger partial charge in [-0.25, -0.2) is 4.39 Å². The van der Waals surface area contributed by atoms with Gasteiger partial charge < -0.3 is 10.2 Å². The Hall–Kier alpha value is -3.13. The number of hydrogen-bond acceptors (Lipinski definition) is 5. The second-order valence-corrected chi connectivity index (χ2v) is 8.10. The molecule has 3 amide bonds. The summed E-state index contributed by atoms with van der Waals surface area (Å²) in [5, 5.41) is 2.06. The Kier molecular flexibility index (Phi) is 5.85. The van der Waals surface area contributed by atoms with Gasteiger partial charge in [0.1, 0.15) is 12.4 Å². The fourth-order valence-corrected chi connectivity index (χ4v) is 4.26. The molecule has 2 aliphatic heterocycles. The Morgan fingerprint density at radius 2 is 1.70 bits per heavy atom. The van der Waals surface area contributed by atoms with Crippen LogP contribution in [0.4, 0.5) is 20.6 Å². The molecule has 30 heavy (non-hydrogen) atoms. The number of carbonyl (C=O) groups excluding carboxylic acids is 3. The summed E-state index contributed by atoms with van der Waals surface area (Å²) in [6, 6.07) is 13.1. The summed E-state index contributed by atoms with van der Waals surface area (Å²) in [6.07, 6.45) is 4.06. The van der Waals surface area contributed by atoms with E-state index in [1.165, 1.54) is 37.1 Å². The Balaban J connectivity index is 1.40. The molecule has 0 radical (unpaired) electrons. The van der Waals surface area contributed by atoms with Crippen molar-refractivity contribution in [3.05, 3.63) is 64.8 Å². The molecule has 6 nitrogen and oxygen atoms in total.